The van der Waals surface area contributed by atoms with Crippen LogP contribution in [-0.4, -0.2) is 13.2 Å². The van der Waals surface area contributed by atoms with E-state index >= 15 is 0 Å². The van der Waals surface area contributed by atoms with Gasteiger partial charge in [-0.3, -0.25) is 0 Å². The molecule has 3 heteroatoms. The van der Waals surface area contributed by atoms with E-state index in [9.17, 15) is 4.39 Å². The monoisotopic (exact) mass is 225 g/mol. The van der Waals surface area contributed by atoms with Crippen molar-refractivity contribution in [1.29, 1.82) is 0 Å². The quantitative estimate of drug-likeness (QED) is 0.782. The van der Waals surface area contributed by atoms with Crippen molar-refractivity contribution in [3.8, 4) is 0 Å². The van der Waals surface area contributed by atoms with Gasteiger partial charge in [0.05, 0.1) is 12.6 Å². The predicted octanol–water partition coefficient (Wildman–Crippen LogP) is 2.87. The first kappa shape index (κ1) is 13.1. The van der Waals surface area contributed by atoms with Gasteiger partial charge in [-0.1, -0.05) is 13.0 Å². The van der Waals surface area contributed by atoms with Gasteiger partial charge in [-0.25, -0.2) is 4.39 Å². The van der Waals surface area contributed by atoms with Crippen LogP contribution in [0.1, 0.15) is 36.1 Å². The summed E-state index contributed by atoms with van der Waals surface area (Å²) in [6.45, 7) is 6.82. The van der Waals surface area contributed by atoms with Crippen LogP contribution in [0, 0.1) is 19.7 Å². The zero-order valence-electron chi connectivity index (χ0n) is 10.2. The average molecular weight is 225 g/mol. The van der Waals surface area contributed by atoms with E-state index in [1.807, 2.05) is 26.8 Å². The van der Waals surface area contributed by atoms with E-state index in [2.05, 4.69) is 0 Å². The molecule has 0 aliphatic rings. The molecule has 0 spiro atoms. The SMILES string of the molecule is CCCOCC(N)c1c(C)cc(C)cc1F. The summed E-state index contributed by atoms with van der Waals surface area (Å²) in [6, 6.07) is 3.08. The van der Waals surface area contributed by atoms with Crippen LogP contribution in [0.4, 0.5) is 4.39 Å². The molecule has 0 bridgehead atoms. The van der Waals surface area contributed by atoms with Gasteiger partial charge in [-0.05, 0) is 37.5 Å². The van der Waals surface area contributed by atoms with Gasteiger partial charge in [0.1, 0.15) is 5.82 Å². The molecule has 1 aromatic rings. The van der Waals surface area contributed by atoms with Gasteiger partial charge in [0.15, 0.2) is 0 Å². The third-order valence-corrected chi connectivity index (χ3v) is 2.50. The van der Waals surface area contributed by atoms with E-state index in [4.69, 9.17) is 10.5 Å². The largest absolute Gasteiger partial charge is 0.379 e. The molecule has 90 valence electrons. The van der Waals surface area contributed by atoms with Gasteiger partial charge in [-0.15, -0.1) is 0 Å². The number of benzene rings is 1. The molecule has 0 saturated carbocycles. The van der Waals surface area contributed by atoms with Gasteiger partial charge < -0.3 is 10.5 Å². The molecule has 16 heavy (non-hydrogen) atoms. The minimum atomic E-state index is -0.382. The molecular formula is C13H20FNO. The van der Waals surface area contributed by atoms with Gasteiger partial charge in [0, 0.05) is 12.2 Å². The van der Waals surface area contributed by atoms with Crippen molar-refractivity contribution in [2.24, 2.45) is 5.73 Å². The molecule has 0 aromatic heterocycles. The highest BCUT2D eigenvalue weighted by atomic mass is 19.1. The number of ether oxygens (including phenoxy) is 1. The molecule has 0 amide bonds. The molecule has 0 fully saturated rings. The second kappa shape index (κ2) is 5.97. The molecule has 0 heterocycles. The van der Waals surface area contributed by atoms with E-state index in [0.29, 0.717) is 18.8 Å². The molecule has 2 N–H and O–H groups in total. The van der Waals surface area contributed by atoms with E-state index in [1.165, 1.54) is 6.07 Å². The normalized spacial score (nSPS) is 12.8. The van der Waals surface area contributed by atoms with Crippen LogP contribution < -0.4 is 5.73 Å². The zero-order valence-corrected chi connectivity index (χ0v) is 10.2. The van der Waals surface area contributed by atoms with Crippen molar-refractivity contribution in [3.05, 3.63) is 34.6 Å². The van der Waals surface area contributed by atoms with Crippen molar-refractivity contribution in [2.75, 3.05) is 13.2 Å². The fourth-order valence-electron chi connectivity index (χ4n) is 1.83. The third kappa shape index (κ3) is 3.29. The van der Waals surface area contributed by atoms with Crippen molar-refractivity contribution in [2.45, 2.75) is 33.2 Å². The van der Waals surface area contributed by atoms with Crippen LogP contribution >= 0.6 is 0 Å². The molecule has 0 aliphatic heterocycles. The van der Waals surface area contributed by atoms with E-state index in [0.717, 1.165) is 17.5 Å². The van der Waals surface area contributed by atoms with Gasteiger partial charge >= 0.3 is 0 Å². The first-order valence-electron chi connectivity index (χ1n) is 5.66. The summed E-state index contributed by atoms with van der Waals surface area (Å²) in [5.41, 5.74) is 8.30. The Bertz CT molecular complexity index is 329. The summed E-state index contributed by atoms with van der Waals surface area (Å²) in [4.78, 5) is 0. The molecule has 0 saturated heterocycles. The first-order valence-corrected chi connectivity index (χ1v) is 5.66. The van der Waals surface area contributed by atoms with Crippen LogP contribution in [-0.2, 0) is 4.74 Å². The Morgan fingerprint density at radius 1 is 1.38 bits per heavy atom. The molecule has 2 nitrogen and oxygen atoms in total. The Balaban J connectivity index is 2.78. The topological polar surface area (TPSA) is 35.2 Å². The first-order chi connectivity index (χ1) is 7.56. The van der Waals surface area contributed by atoms with Gasteiger partial charge in [-0.2, -0.15) is 0 Å². The lowest BCUT2D eigenvalue weighted by atomic mass is 9.99. The Labute approximate surface area is 96.6 Å². The van der Waals surface area contributed by atoms with Gasteiger partial charge in [0.25, 0.3) is 0 Å². The van der Waals surface area contributed by atoms with Crippen molar-refractivity contribution in [3.63, 3.8) is 0 Å². The molecule has 0 radical (unpaired) electrons. The number of halogens is 1. The molecule has 1 aromatic carbocycles. The maximum Gasteiger partial charge on any atom is 0.128 e. The fourth-order valence-corrected chi connectivity index (χ4v) is 1.83. The van der Waals surface area contributed by atoms with E-state index in [-0.39, 0.29) is 11.9 Å². The maximum absolute atomic E-state index is 13.7. The lowest BCUT2D eigenvalue weighted by Crippen LogP contribution is -2.20. The Morgan fingerprint density at radius 3 is 2.62 bits per heavy atom. The Kier molecular flexibility index (Phi) is 4.90. The lowest BCUT2D eigenvalue weighted by molar-refractivity contribution is 0.120. The molecular weight excluding hydrogens is 205 g/mol. The summed E-state index contributed by atoms with van der Waals surface area (Å²) in [5.74, 6) is -0.231. The van der Waals surface area contributed by atoms with Crippen LogP contribution in [0.5, 0.6) is 0 Å². The van der Waals surface area contributed by atoms with E-state index < -0.39 is 0 Å². The Hall–Kier alpha value is -0.930. The van der Waals surface area contributed by atoms with Crippen molar-refractivity contribution >= 4 is 0 Å². The third-order valence-electron chi connectivity index (χ3n) is 2.50. The number of aryl methyl sites for hydroxylation is 2. The number of rotatable bonds is 5. The second-order valence-electron chi connectivity index (χ2n) is 4.16. The fraction of sp³-hybridized carbons (Fsp3) is 0.538. The van der Waals surface area contributed by atoms with E-state index in [1.54, 1.807) is 0 Å². The summed E-state index contributed by atoms with van der Waals surface area (Å²) < 4.78 is 19.1. The van der Waals surface area contributed by atoms with Crippen molar-refractivity contribution < 1.29 is 9.13 Å². The molecule has 1 rings (SSSR count). The molecule has 1 unspecified atom stereocenters. The zero-order chi connectivity index (χ0) is 12.1. The summed E-state index contributed by atoms with van der Waals surface area (Å²) >= 11 is 0. The second-order valence-corrected chi connectivity index (χ2v) is 4.16. The summed E-state index contributed by atoms with van der Waals surface area (Å²) in [5, 5.41) is 0. The van der Waals surface area contributed by atoms with Crippen LogP contribution in [0.15, 0.2) is 12.1 Å². The highest BCUT2D eigenvalue weighted by Crippen LogP contribution is 2.21. The summed E-state index contributed by atoms with van der Waals surface area (Å²) in [6.07, 6.45) is 0.947. The van der Waals surface area contributed by atoms with Crippen molar-refractivity contribution in [1.82, 2.24) is 0 Å². The standard InChI is InChI=1S/C13H20FNO/c1-4-5-16-8-12(15)13-10(3)6-9(2)7-11(13)14/h6-7,12H,4-5,8,15H2,1-3H3. The van der Waals surface area contributed by atoms with Gasteiger partial charge in [0.2, 0.25) is 0 Å². The highest BCUT2D eigenvalue weighted by molar-refractivity contribution is 5.34. The number of hydrogen-bond donors (Lipinski definition) is 1. The minimum absolute atomic E-state index is 0.231. The maximum atomic E-state index is 13.7. The highest BCUT2D eigenvalue weighted by Gasteiger charge is 2.14. The predicted molar refractivity (Wildman–Crippen MR) is 63.9 cm³/mol. The minimum Gasteiger partial charge on any atom is -0.379 e. The number of hydrogen-bond acceptors (Lipinski definition) is 2. The molecule has 0 aliphatic carbocycles. The number of nitrogens with two attached hydrogens (primary N) is 1. The van der Waals surface area contributed by atoms with Crippen LogP contribution in [0.25, 0.3) is 0 Å². The Morgan fingerprint density at radius 2 is 2.06 bits per heavy atom. The smallest absolute Gasteiger partial charge is 0.128 e. The molecule has 1 atom stereocenters. The van der Waals surface area contributed by atoms with Crippen LogP contribution in [0.3, 0.4) is 0 Å². The summed E-state index contributed by atoms with van der Waals surface area (Å²) in [7, 11) is 0. The average Bonchev–Trinajstić information content (AvgIpc) is 2.16. The van der Waals surface area contributed by atoms with Crippen LogP contribution in [0.2, 0.25) is 0 Å². The lowest BCUT2D eigenvalue weighted by Gasteiger charge is -2.16.